The lowest BCUT2D eigenvalue weighted by molar-refractivity contribution is -0.0498. The Balaban J connectivity index is 2.18. The highest BCUT2D eigenvalue weighted by Gasteiger charge is 2.13. The zero-order valence-electron chi connectivity index (χ0n) is 10.7. The molecule has 2 aromatic carbocycles. The molecule has 3 nitrogen and oxygen atoms in total. The minimum absolute atomic E-state index is 0.0121. The number of hydrogen-bond acceptors (Lipinski definition) is 3. The highest BCUT2D eigenvalue weighted by Crippen LogP contribution is 2.31. The molecule has 21 heavy (non-hydrogen) atoms. The van der Waals surface area contributed by atoms with Gasteiger partial charge < -0.3 is 15.8 Å². The number of alkyl halides is 4. The van der Waals surface area contributed by atoms with Crippen molar-refractivity contribution in [2.75, 3.05) is 11.1 Å². The Morgan fingerprint density at radius 1 is 0.952 bits per heavy atom. The third kappa shape index (κ3) is 4.01. The van der Waals surface area contributed by atoms with Crippen LogP contribution in [-0.2, 0) is 0 Å². The molecule has 0 heterocycles. The second-order valence-corrected chi connectivity index (χ2v) is 4.18. The van der Waals surface area contributed by atoms with E-state index in [0.29, 0.717) is 5.69 Å². The average Bonchev–Trinajstić information content (AvgIpc) is 2.42. The van der Waals surface area contributed by atoms with Crippen molar-refractivity contribution >= 4 is 17.1 Å². The van der Waals surface area contributed by atoms with E-state index in [2.05, 4.69) is 10.1 Å². The van der Waals surface area contributed by atoms with Crippen LogP contribution in [0.15, 0.2) is 42.5 Å². The van der Waals surface area contributed by atoms with Crippen LogP contribution in [0.3, 0.4) is 0 Å². The summed E-state index contributed by atoms with van der Waals surface area (Å²) in [5, 5.41) is 2.78. The smallest absolute Gasteiger partial charge is 0.387 e. The second kappa shape index (κ2) is 6.34. The van der Waals surface area contributed by atoms with Gasteiger partial charge in [-0.3, -0.25) is 0 Å². The first-order valence-electron chi connectivity index (χ1n) is 5.95. The van der Waals surface area contributed by atoms with E-state index in [0.717, 1.165) is 0 Å². The van der Waals surface area contributed by atoms with Crippen LogP contribution >= 0.6 is 0 Å². The molecule has 0 amide bonds. The molecule has 2 rings (SSSR count). The largest absolute Gasteiger partial charge is 0.435 e. The molecule has 0 saturated carbocycles. The molecule has 0 unspecified atom stereocenters. The third-order valence-corrected chi connectivity index (χ3v) is 2.67. The van der Waals surface area contributed by atoms with E-state index >= 15 is 0 Å². The van der Waals surface area contributed by atoms with Gasteiger partial charge in [-0.2, -0.15) is 8.78 Å². The first-order valence-corrected chi connectivity index (χ1v) is 5.95. The summed E-state index contributed by atoms with van der Waals surface area (Å²) >= 11 is 0. The van der Waals surface area contributed by atoms with Gasteiger partial charge in [-0.25, -0.2) is 8.78 Å². The Kier molecular flexibility index (Phi) is 4.52. The lowest BCUT2D eigenvalue weighted by atomic mass is 10.1. The van der Waals surface area contributed by atoms with Gasteiger partial charge in [-0.1, -0.05) is 0 Å². The molecule has 3 N–H and O–H groups in total. The van der Waals surface area contributed by atoms with Crippen molar-refractivity contribution in [2.45, 2.75) is 13.0 Å². The van der Waals surface area contributed by atoms with Gasteiger partial charge in [-0.05, 0) is 42.5 Å². The van der Waals surface area contributed by atoms with Crippen LogP contribution in [0.1, 0.15) is 12.0 Å². The Labute approximate surface area is 118 Å². The predicted molar refractivity (Wildman–Crippen MR) is 72.2 cm³/mol. The van der Waals surface area contributed by atoms with E-state index in [1.165, 1.54) is 42.5 Å². The molecule has 0 aromatic heterocycles. The summed E-state index contributed by atoms with van der Waals surface area (Å²) in [6.45, 7) is -2.91. The van der Waals surface area contributed by atoms with Crippen molar-refractivity contribution in [1.82, 2.24) is 0 Å². The van der Waals surface area contributed by atoms with E-state index in [1.54, 1.807) is 0 Å². The van der Waals surface area contributed by atoms with E-state index < -0.39 is 13.0 Å². The van der Waals surface area contributed by atoms with E-state index in [9.17, 15) is 17.6 Å². The fourth-order valence-corrected chi connectivity index (χ4v) is 1.75. The van der Waals surface area contributed by atoms with Gasteiger partial charge in [-0.15, -0.1) is 0 Å². The number of nitrogen functional groups attached to an aromatic ring is 1. The van der Waals surface area contributed by atoms with Crippen LogP contribution in [-0.4, -0.2) is 6.61 Å². The quantitative estimate of drug-likeness (QED) is 0.629. The van der Waals surface area contributed by atoms with Crippen LogP contribution in [0.5, 0.6) is 5.75 Å². The molecule has 0 saturated heterocycles. The standard InChI is InChI=1S/C14H12F4N2O/c15-13(16)11-7-8(19)1-6-12(11)20-9-2-4-10(5-3-9)21-14(17)18/h1-7,13-14,20H,19H2. The number of ether oxygens (including phenoxy) is 1. The van der Waals surface area contributed by atoms with Crippen molar-refractivity contribution in [2.24, 2.45) is 0 Å². The molecular formula is C14H12F4N2O. The number of benzene rings is 2. The summed E-state index contributed by atoms with van der Waals surface area (Å²) in [5.74, 6) is -0.0121. The number of halogens is 4. The Morgan fingerprint density at radius 3 is 2.19 bits per heavy atom. The van der Waals surface area contributed by atoms with Crippen LogP contribution < -0.4 is 15.8 Å². The number of anilines is 3. The Bertz CT molecular complexity index is 602. The van der Waals surface area contributed by atoms with Crippen LogP contribution in [0.25, 0.3) is 0 Å². The maximum Gasteiger partial charge on any atom is 0.387 e. The van der Waals surface area contributed by atoms with Crippen molar-refractivity contribution < 1.29 is 22.3 Å². The molecule has 0 spiro atoms. The highest BCUT2D eigenvalue weighted by molar-refractivity contribution is 5.66. The fraction of sp³-hybridized carbons (Fsp3) is 0.143. The van der Waals surface area contributed by atoms with E-state index in [4.69, 9.17) is 5.73 Å². The van der Waals surface area contributed by atoms with Gasteiger partial charge >= 0.3 is 6.61 Å². The maximum absolute atomic E-state index is 12.9. The van der Waals surface area contributed by atoms with Gasteiger partial charge in [0.15, 0.2) is 0 Å². The van der Waals surface area contributed by atoms with Gasteiger partial charge in [0.25, 0.3) is 6.43 Å². The molecular weight excluding hydrogens is 288 g/mol. The third-order valence-electron chi connectivity index (χ3n) is 2.67. The van der Waals surface area contributed by atoms with Gasteiger partial charge in [0, 0.05) is 22.6 Å². The SMILES string of the molecule is Nc1ccc(Nc2ccc(OC(F)F)cc2)c(C(F)F)c1. The summed E-state index contributed by atoms with van der Waals surface area (Å²) in [6, 6.07) is 9.62. The summed E-state index contributed by atoms with van der Waals surface area (Å²) in [6.07, 6.45) is -2.68. The first kappa shape index (κ1) is 15.0. The highest BCUT2D eigenvalue weighted by atomic mass is 19.3. The van der Waals surface area contributed by atoms with Gasteiger partial charge in [0.1, 0.15) is 5.75 Å². The maximum atomic E-state index is 12.9. The van der Waals surface area contributed by atoms with Crippen molar-refractivity contribution in [3.63, 3.8) is 0 Å². The lowest BCUT2D eigenvalue weighted by Gasteiger charge is -2.13. The Hall–Kier alpha value is -2.44. The molecule has 112 valence electrons. The minimum atomic E-state index is -2.91. The lowest BCUT2D eigenvalue weighted by Crippen LogP contribution is -2.02. The first-order chi connectivity index (χ1) is 9.95. The minimum Gasteiger partial charge on any atom is -0.435 e. The van der Waals surface area contributed by atoms with Crippen molar-refractivity contribution in [1.29, 1.82) is 0 Å². The molecule has 0 atom stereocenters. The van der Waals surface area contributed by atoms with Crippen LogP contribution in [0.4, 0.5) is 34.6 Å². The zero-order chi connectivity index (χ0) is 15.4. The van der Waals surface area contributed by atoms with Gasteiger partial charge in [0.2, 0.25) is 0 Å². The summed E-state index contributed by atoms with van der Waals surface area (Å²) in [4.78, 5) is 0. The zero-order valence-corrected chi connectivity index (χ0v) is 10.7. The van der Waals surface area contributed by atoms with Crippen LogP contribution in [0, 0.1) is 0 Å². The summed E-state index contributed by atoms with van der Waals surface area (Å²) in [7, 11) is 0. The number of nitrogens with one attached hydrogen (secondary N) is 1. The predicted octanol–water partition coefficient (Wildman–Crippen LogP) is 4.55. The average molecular weight is 300 g/mol. The van der Waals surface area contributed by atoms with Crippen molar-refractivity contribution in [3.8, 4) is 5.75 Å². The molecule has 0 aliphatic heterocycles. The molecule has 7 heteroatoms. The van der Waals surface area contributed by atoms with E-state index in [1.807, 2.05) is 0 Å². The fourth-order valence-electron chi connectivity index (χ4n) is 1.75. The molecule has 0 aliphatic carbocycles. The molecule has 0 bridgehead atoms. The van der Waals surface area contributed by atoms with E-state index in [-0.39, 0.29) is 22.7 Å². The molecule has 0 radical (unpaired) electrons. The number of nitrogens with two attached hydrogens (primary N) is 1. The topological polar surface area (TPSA) is 47.3 Å². The van der Waals surface area contributed by atoms with Crippen LogP contribution in [0.2, 0.25) is 0 Å². The van der Waals surface area contributed by atoms with Crippen molar-refractivity contribution in [3.05, 3.63) is 48.0 Å². The molecule has 0 aliphatic rings. The monoisotopic (exact) mass is 300 g/mol. The number of rotatable bonds is 5. The Morgan fingerprint density at radius 2 is 1.62 bits per heavy atom. The second-order valence-electron chi connectivity index (χ2n) is 4.18. The van der Waals surface area contributed by atoms with Gasteiger partial charge in [0.05, 0.1) is 0 Å². The summed E-state index contributed by atoms with van der Waals surface area (Å²) < 4.78 is 54.1. The molecule has 0 fully saturated rings. The molecule has 2 aromatic rings. The number of hydrogen-bond donors (Lipinski definition) is 2. The normalized spacial score (nSPS) is 11.0. The summed E-state index contributed by atoms with van der Waals surface area (Å²) in [5.41, 5.74) is 6.13.